The van der Waals surface area contributed by atoms with Crippen molar-refractivity contribution in [2.75, 3.05) is 33.9 Å². The third-order valence-corrected chi connectivity index (χ3v) is 15.7. The molecule has 1 unspecified atom stereocenters. The number of primary amides is 1. The summed E-state index contributed by atoms with van der Waals surface area (Å²) in [6.45, 7) is 12.8. The van der Waals surface area contributed by atoms with Gasteiger partial charge in [-0.1, -0.05) is 111 Å². The monoisotopic (exact) mass is 1260 g/mol. The molecule has 0 spiro atoms. The average molecular weight is 1260 g/mol. The van der Waals surface area contributed by atoms with E-state index >= 15 is 0 Å². The lowest BCUT2D eigenvalue weighted by Gasteiger charge is -2.31. The summed E-state index contributed by atoms with van der Waals surface area (Å²) >= 11 is 0. The van der Waals surface area contributed by atoms with Crippen molar-refractivity contribution in [2.24, 2.45) is 34.2 Å². The molecule has 0 aliphatic carbocycles. The van der Waals surface area contributed by atoms with Gasteiger partial charge in [-0.05, 0) is 76.3 Å². The van der Waals surface area contributed by atoms with Crippen LogP contribution in [-0.4, -0.2) is 194 Å². The van der Waals surface area contributed by atoms with Crippen molar-refractivity contribution < 1.29 is 72.5 Å². The van der Waals surface area contributed by atoms with Crippen LogP contribution in [0.1, 0.15) is 132 Å². The Hall–Kier alpha value is -7.99. The van der Waals surface area contributed by atoms with Crippen LogP contribution in [0.3, 0.4) is 0 Å². The maximum atomic E-state index is 14.4. The van der Waals surface area contributed by atoms with Crippen molar-refractivity contribution in [3.05, 3.63) is 35.9 Å². The fourth-order valence-corrected chi connectivity index (χ4v) is 9.22. The molecule has 1 heterocycles. The largest absolute Gasteiger partial charge is 0.458 e. The van der Waals surface area contributed by atoms with Gasteiger partial charge in [-0.2, -0.15) is 0 Å². The van der Waals surface area contributed by atoms with E-state index < -0.39 is 187 Å². The summed E-state index contributed by atoms with van der Waals surface area (Å²) in [5.41, 5.74) is 12.0. The molecule has 15 atom stereocenters. The molecule has 1 aromatic rings. The number of aliphatic imine (C=N–C) groups is 1. The van der Waals surface area contributed by atoms with Crippen LogP contribution in [0.2, 0.25) is 0 Å². The summed E-state index contributed by atoms with van der Waals surface area (Å²) < 4.78 is 5.70. The first-order valence-corrected chi connectivity index (χ1v) is 30.6. The van der Waals surface area contributed by atoms with E-state index in [0.29, 0.717) is 32.1 Å². The van der Waals surface area contributed by atoms with E-state index in [0.717, 1.165) is 5.56 Å². The van der Waals surface area contributed by atoms with Crippen LogP contribution >= 0.6 is 0 Å². The number of cyclic esters (lactones) is 1. The lowest BCUT2D eigenvalue weighted by Crippen LogP contribution is -2.63. The number of hydrogen-bond acceptors (Lipinski definition) is 17. The number of carbonyl (C=O) groups excluding carboxylic acids is 12. The van der Waals surface area contributed by atoms with Gasteiger partial charge >= 0.3 is 5.97 Å². The van der Waals surface area contributed by atoms with Crippen molar-refractivity contribution in [2.45, 2.75) is 206 Å². The van der Waals surface area contributed by atoms with Crippen molar-refractivity contribution in [3.63, 3.8) is 0 Å². The predicted octanol–water partition coefficient (Wildman–Crippen LogP) is -3.48. The van der Waals surface area contributed by atoms with Crippen molar-refractivity contribution in [1.29, 1.82) is 0 Å². The molecule has 11 amide bonds. The van der Waals surface area contributed by atoms with Gasteiger partial charge in [0.05, 0.1) is 19.3 Å². The number of unbranched alkanes of at least 4 members (excludes halogenated alkanes) is 1. The third-order valence-electron chi connectivity index (χ3n) is 15.7. The second-order valence-corrected chi connectivity index (χ2v) is 22.5. The van der Waals surface area contributed by atoms with E-state index in [-0.39, 0.29) is 38.2 Å². The van der Waals surface area contributed by atoms with Crippen molar-refractivity contribution in [1.82, 2.24) is 63.8 Å². The Morgan fingerprint density at radius 3 is 1.57 bits per heavy atom. The molecule has 1 aromatic carbocycles. The summed E-state index contributed by atoms with van der Waals surface area (Å²) in [5, 5.41) is 52.2. The quantitative estimate of drug-likeness (QED) is 0.0136. The Labute approximate surface area is 521 Å². The molecule has 1 aliphatic rings. The lowest BCUT2D eigenvalue weighted by molar-refractivity contribution is -0.156. The summed E-state index contributed by atoms with van der Waals surface area (Å²) in [7, 11) is 3.08. The number of hydrogen-bond donors (Lipinski definition) is 16. The highest BCUT2D eigenvalue weighted by atomic mass is 16.5. The second kappa shape index (κ2) is 39.8. The number of amides is 11. The highest BCUT2D eigenvalue weighted by Crippen LogP contribution is 2.16. The molecule has 1 saturated heterocycles. The maximum Gasteiger partial charge on any atom is 0.328 e. The summed E-state index contributed by atoms with van der Waals surface area (Å²) in [6, 6.07) is -6.23. The van der Waals surface area contributed by atoms with E-state index in [4.69, 9.17) is 16.2 Å². The first-order valence-electron chi connectivity index (χ1n) is 30.6. The number of ether oxygens (including phenoxy) is 1. The highest BCUT2D eigenvalue weighted by molar-refractivity contribution is 5.99. The number of benzene rings is 1. The summed E-state index contributed by atoms with van der Waals surface area (Å²) in [6.07, 6.45) is 0.485. The molecule has 1 aliphatic heterocycles. The number of guanidine groups is 1. The summed E-state index contributed by atoms with van der Waals surface area (Å²) in [4.78, 5) is 169. The number of nitrogens with one attached hydrogen (secondary N) is 12. The molecule has 18 N–H and O–H groups in total. The minimum absolute atomic E-state index is 0.0800. The first-order chi connectivity index (χ1) is 42.1. The minimum Gasteiger partial charge on any atom is -0.458 e. The molecule has 0 aromatic heterocycles. The van der Waals surface area contributed by atoms with E-state index in [1.54, 1.807) is 48.6 Å². The third kappa shape index (κ3) is 25.6. The Bertz CT molecular complexity index is 2560. The Balaban J connectivity index is 2.39. The molecular formula is C59H99N15O15. The lowest BCUT2D eigenvalue weighted by atomic mass is 9.94. The van der Waals surface area contributed by atoms with Crippen LogP contribution in [0.4, 0.5) is 0 Å². The van der Waals surface area contributed by atoms with E-state index in [9.17, 15) is 67.7 Å². The van der Waals surface area contributed by atoms with Gasteiger partial charge in [-0.25, -0.2) is 4.79 Å². The molecule has 30 heteroatoms. The SMILES string of the molecule is CCCCC1NC(=O)[C@H](CCCNC(N)=NC)NC(=O)[C@H](C)NC(=O)[C@H](NC(=O)[C@H](CO)NC(=O)[C@@H](NC(=O)[C@H](NC(=O)[C@@H](CCC(N)=O)NC(=O)[C@H](CO)NC(=O)[C@@H](NC(=O)[C@@H](Cc2ccccc2)NC)[C@@H](C)CC)[C@@H](C)CC)[C@@H](C)CC)[C@H](C)OC1=O. The second-order valence-electron chi connectivity index (χ2n) is 22.5. The molecular weight excluding hydrogens is 1160 g/mol. The zero-order valence-corrected chi connectivity index (χ0v) is 53.3. The fraction of sp³-hybridized carbons (Fsp3) is 0.678. The minimum atomic E-state index is -1.82. The van der Waals surface area contributed by atoms with Crippen molar-refractivity contribution in [3.8, 4) is 0 Å². The molecule has 500 valence electrons. The smallest absolute Gasteiger partial charge is 0.328 e. The average Bonchev–Trinajstić information content (AvgIpc) is 3.05. The van der Waals surface area contributed by atoms with E-state index in [1.165, 1.54) is 20.9 Å². The normalized spacial score (nSPS) is 20.8. The van der Waals surface area contributed by atoms with Gasteiger partial charge in [0, 0.05) is 20.0 Å². The van der Waals surface area contributed by atoms with Gasteiger partial charge in [0.1, 0.15) is 66.5 Å². The number of carbonyl (C=O) groups is 12. The Morgan fingerprint density at radius 2 is 1.08 bits per heavy atom. The van der Waals surface area contributed by atoms with Crippen LogP contribution in [0.5, 0.6) is 0 Å². The predicted molar refractivity (Wildman–Crippen MR) is 329 cm³/mol. The molecule has 0 saturated carbocycles. The van der Waals surface area contributed by atoms with E-state index in [1.807, 2.05) is 37.3 Å². The van der Waals surface area contributed by atoms with Gasteiger partial charge in [0.25, 0.3) is 0 Å². The zero-order chi connectivity index (χ0) is 67.1. The number of likely N-dealkylation sites (N-methyl/N-ethyl adjacent to an activating group) is 1. The molecule has 0 radical (unpaired) electrons. The van der Waals surface area contributed by atoms with Gasteiger partial charge in [-0.3, -0.25) is 57.7 Å². The van der Waals surface area contributed by atoms with Crippen LogP contribution in [0.15, 0.2) is 35.3 Å². The molecule has 0 bridgehead atoms. The number of nitrogens with zero attached hydrogens (tertiary/aromatic N) is 1. The fourth-order valence-electron chi connectivity index (χ4n) is 9.22. The number of aliphatic hydroxyl groups excluding tert-OH is 2. The van der Waals surface area contributed by atoms with Gasteiger partial charge in [0.2, 0.25) is 65.0 Å². The molecule has 89 heavy (non-hydrogen) atoms. The van der Waals surface area contributed by atoms with Gasteiger partial charge in [-0.15, -0.1) is 0 Å². The molecule has 1 fully saturated rings. The van der Waals surface area contributed by atoms with Crippen LogP contribution < -0.4 is 75.3 Å². The Morgan fingerprint density at radius 1 is 0.607 bits per heavy atom. The Kier molecular flexibility index (Phi) is 34.5. The first kappa shape index (κ1) is 77.1. The number of rotatable bonds is 35. The van der Waals surface area contributed by atoms with Crippen LogP contribution in [0, 0.1) is 17.8 Å². The highest BCUT2D eigenvalue weighted by Gasteiger charge is 2.40. The number of aliphatic hydroxyl groups is 2. The zero-order valence-electron chi connectivity index (χ0n) is 53.3. The van der Waals surface area contributed by atoms with Crippen LogP contribution in [0.25, 0.3) is 0 Å². The number of esters is 1. The van der Waals surface area contributed by atoms with Crippen molar-refractivity contribution >= 4 is 76.9 Å². The van der Waals surface area contributed by atoms with Gasteiger partial charge < -0.3 is 90.2 Å². The van der Waals surface area contributed by atoms with Gasteiger partial charge in [0.15, 0.2) is 5.96 Å². The van der Waals surface area contributed by atoms with Crippen LogP contribution in [-0.2, 0) is 68.7 Å². The molecule has 2 rings (SSSR count). The standard InChI is InChI=1S/C59H99N15O15/c1-12-16-23-39-58(88)89-35(9)47(57(87)65-34(8)48(78)66-37(49(79)68-39)24-20-27-64-59(61)63-11)74-53(83)42(30-76)70-55(85)45(32(6)14-3)73-56(86)46(33(7)15-4)71-50(80)38(25-26-43(60)77)67-52(82)41(29-75)69-54(84)44(31(5)13-2)72-51(81)40(62-10)28-36-21-18-17-19-22-36/h17-19,21-22,31-35,37-42,44-47,62,75-76H,12-16,20,23-30H2,1-11H3,(H2,60,77)(H,65,87)(H,66,78)(H,67,82)(H,68,79)(H,69,84)(H,70,85)(H,71,80)(H,72,81)(H,73,86)(H,74,83)(H3,61,63,64)/t31-,32-,33-,34-,35-,37-,38+,39?,40+,41-,42-,44-,45-,46+,47+/m0/s1. The molecule has 30 nitrogen and oxygen atoms in total. The number of nitrogens with two attached hydrogens (primary N) is 2. The summed E-state index contributed by atoms with van der Waals surface area (Å²) in [5.74, 6) is -12.4. The van der Waals surface area contributed by atoms with E-state index in [2.05, 4.69) is 68.8 Å². The maximum absolute atomic E-state index is 14.4. The topological polar surface area (TPSA) is 463 Å².